The van der Waals surface area contributed by atoms with Crippen LogP contribution in [0, 0.1) is 11.8 Å². The largest absolute Gasteiger partial charge is 0.383 e. The van der Waals surface area contributed by atoms with Crippen molar-refractivity contribution in [2.75, 3.05) is 12.3 Å². The summed E-state index contributed by atoms with van der Waals surface area (Å²) in [7, 11) is 0. The molecule has 1 aliphatic carbocycles. The number of nitrogens with zero attached hydrogens (tertiary/aromatic N) is 1. The lowest BCUT2D eigenvalue weighted by atomic mass is 9.98. The fraction of sp³-hybridized carbons (Fsp3) is 0.636. The second-order valence-corrected chi connectivity index (χ2v) is 4.58. The molecular weight excluding hydrogens is 204 g/mol. The number of nitrogens with two attached hydrogens (primary N) is 1. The number of amides is 1. The van der Waals surface area contributed by atoms with Crippen molar-refractivity contribution in [3.8, 4) is 0 Å². The first-order chi connectivity index (χ1) is 7.68. The molecule has 1 aliphatic rings. The quantitative estimate of drug-likeness (QED) is 0.717. The van der Waals surface area contributed by atoms with Gasteiger partial charge in [-0.05, 0) is 18.3 Å². The molecule has 2 rings (SSSR count). The van der Waals surface area contributed by atoms with E-state index in [0.717, 1.165) is 6.54 Å². The van der Waals surface area contributed by atoms with Gasteiger partial charge in [-0.1, -0.05) is 19.8 Å². The molecule has 2 unspecified atom stereocenters. The van der Waals surface area contributed by atoms with E-state index in [1.807, 2.05) is 0 Å². The standard InChI is InChI=1S/C11H18N4O/c1-7-3-2-4-8(7)5-13-11(16)9-6-14-15-10(9)12/h6-8H,2-5H2,1H3,(H,13,16)(H3,12,14,15). The molecule has 0 aromatic carbocycles. The molecule has 5 heteroatoms. The van der Waals surface area contributed by atoms with E-state index in [0.29, 0.717) is 23.2 Å². The van der Waals surface area contributed by atoms with Gasteiger partial charge in [-0.3, -0.25) is 9.89 Å². The van der Waals surface area contributed by atoms with Crippen molar-refractivity contribution in [2.24, 2.45) is 11.8 Å². The van der Waals surface area contributed by atoms with Crippen LogP contribution >= 0.6 is 0 Å². The predicted molar refractivity (Wildman–Crippen MR) is 61.8 cm³/mol. The Morgan fingerprint density at radius 1 is 1.69 bits per heavy atom. The second kappa shape index (κ2) is 4.55. The number of carbonyl (C=O) groups is 1. The minimum atomic E-state index is -0.134. The highest BCUT2D eigenvalue weighted by Crippen LogP contribution is 2.30. The maximum absolute atomic E-state index is 11.7. The predicted octanol–water partition coefficient (Wildman–Crippen LogP) is 1.16. The maximum Gasteiger partial charge on any atom is 0.256 e. The minimum Gasteiger partial charge on any atom is -0.383 e. The summed E-state index contributed by atoms with van der Waals surface area (Å²) in [5, 5.41) is 9.20. The third-order valence-electron chi connectivity index (χ3n) is 3.48. The van der Waals surface area contributed by atoms with Gasteiger partial charge in [-0.25, -0.2) is 0 Å². The zero-order chi connectivity index (χ0) is 11.5. The van der Waals surface area contributed by atoms with E-state index in [2.05, 4.69) is 22.4 Å². The SMILES string of the molecule is CC1CCCC1CNC(=O)c1cn[nH]c1N. The summed E-state index contributed by atoms with van der Waals surface area (Å²) in [6.45, 7) is 2.99. The average molecular weight is 222 g/mol. The number of H-pyrrole nitrogens is 1. The van der Waals surface area contributed by atoms with Gasteiger partial charge in [-0.15, -0.1) is 0 Å². The Labute approximate surface area is 94.8 Å². The molecule has 0 radical (unpaired) electrons. The molecular formula is C11H18N4O. The van der Waals surface area contributed by atoms with Gasteiger partial charge >= 0.3 is 0 Å². The van der Waals surface area contributed by atoms with Crippen molar-refractivity contribution >= 4 is 11.7 Å². The number of anilines is 1. The Morgan fingerprint density at radius 3 is 3.06 bits per heavy atom. The molecule has 1 heterocycles. The fourth-order valence-corrected chi connectivity index (χ4v) is 2.32. The first-order valence-electron chi connectivity index (χ1n) is 5.75. The Kier molecular flexibility index (Phi) is 3.12. The maximum atomic E-state index is 11.7. The van der Waals surface area contributed by atoms with Crippen molar-refractivity contribution in [1.82, 2.24) is 15.5 Å². The molecule has 1 aromatic rings. The number of hydrogen-bond acceptors (Lipinski definition) is 3. The zero-order valence-corrected chi connectivity index (χ0v) is 9.49. The second-order valence-electron chi connectivity index (χ2n) is 4.58. The van der Waals surface area contributed by atoms with E-state index < -0.39 is 0 Å². The number of nitrogen functional groups attached to an aromatic ring is 1. The number of carbonyl (C=O) groups excluding carboxylic acids is 1. The highest BCUT2D eigenvalue weighted by molar-refractivity contribution is 5.98. The molecule has 16 heavy (non-hydrogen) atoms. The van der Waals surface area contributed by atoms with Gasteiger partial charge in [0.2, 0.25) is 0 Å². The Morgan fingerprint density at radius 2 is 2.50 bits per heavy atom. The van der Waals surface area contributed by atoms with Crippen LogP contribution in [0.15, 0.2) is 6.20 Å². The molecule has 0 bridgehead atoms. The normalized spacial score (nSPS) is 24.6. The third-order valence-corrected chi connectivity index (χ3v) is 3.48. The Bertz CT molecular complexity index is 374. The van der Waals surface area contributed by atoms with Gasteiger partial charge in [-0.2, -0.15) is 5.10 Å². The van der Waals surface area contributed by atoms with Crippen LogP contribution in [0.3, 0.4) is 0 Å². The fourth-order valence-electron chi connectivity index (χ4n) is 2.32. The summed E-state index contributed by atoms with van der Waals surface area (Å²) in [5.41, 5.74) is 6.01. The van der Waals surface area contributed by atoms with Gasteiger partial charge in [0.25, 0.3) is 5.91 Å². The molecule has 1 fully saturated rings. The van der Waals surface area contributed by atoms with Crippen LogP contribution in [-0.2, 0) is 0 Å². The molecule has 2 atom stereocenters. The van der Waals surface area contributed by atoms with E-state index >= 15 is 0 Å². The molecule has 0 aliphatic heterocycles. The van der Waals surface area contributed by atoms with E-state index in [-0.39, 0.29) is 5.91 Å². The van der Waals surface area contributed by atoms with Gasteiger partial charge in [0.05, 0.1) is 6.20 Å². The summed E-state index contributed by atoms with van der Waals surface area (Å²) in [5.74, 6) is 1.52. The van der Waals surface area contributed by atoms with Crippen LogP contribution in [-0.4, -0.2) is 22.6 Å². The summed E-state index contributed by atoms with van der Waals surface area (Å²) < 4.78 is 0. The van der Waals surface area contributed by atoms with Crippen LogP contribution in [0.4, 0.5) is 5.82 Å². The number of nitrogens with one attached hydrogen (secondary N) is 2. The molecule has 5 nitrogen and oxygen atoms in total. The minimum absolute atomic E-state index is 0.134. The van der Waals surface area contributed by atoms with Crippen LogP contribution < -0.4 is 11.1 Å². The highest BCUT2D eigenvalue weighted by Gasteiger charge is 2.24. The average Bonchev–Trinajstić information content (AvgIpc) is 2.84. The molecule has 4 N–H and O–H groups in total. The summed E-state index contributed by atoms with van der Waals surface area (Å²) in [6.07, 6.45) is 5.22. The van der Waals surface area contributed by atoms with E-state index in [1.165, 1.54) is 25.5 Å². The lowest BCUT2D eigenvalue weighted by molar-refractivity contribution is 0.0945. The van der Waals surface area contributed by atoms with Crippen LogP contribution in [0.1, 0.15) is 36.5 Å². The number of rotatable bonds is 3. The Hall–Kier alpha value is -1.52. The highest BCUT2D eigenvalue weighted by atomic mass is 16.1. The van der Waals surface area contributed by atoms with E-state index in [4.69, 9.17) is 5.73 Å². The molecule has 1 aromatic heterocycles. The lowest BCUT2D eigenvalue weighted by Crippen LogP contribution is -2.30. The number of hydrogen-bond donors (Lipinski definition) is 3. The molecule has 0 spiro atoms. The van der Waals surface area contributed by atoms with Gasteiger partial charge in [0, 0.05) is 6.54 Å². The van der Waals surface area contributed by atoms with E-state index in [9.17, 15) is 4.79 Å². The van der Waals surface area contributed by atoms with E-state index in [1.54, 1.807) is 0 Å². The first-order valence-corrected chi connectivity index (χ1v) is 5.75. The first kappa shape index (κ1) is 11.0. The monoisotopic (exact) mass is 222 g/mol. The molecule has 0 saturated heterocycles. The van der Waals surface area contributed by atoms with Crippen LogP contribution in [0.2, 0.25) is 0 Å². The zero-order valence-electron chi connectivity index (χ0n) is 9.49. The van der Waals surface area contributed by atoms with Crippen molar-refractivity contribution in [1.29, 1.82) is 0 Å². The van der Waals surface area contributed by atoms with Crippen molar-refractivity contribution in [3.05, 3.63) is 11.8 Å². The van der Waals surface area contributed by atoms with Crippen molar-refractivity contribution in [2.45, 2.75) is 26.2 Å². The van der Waals surface area contributed by atoms with Crippen LogP contribution in [0.5, 0.6) is 0 Å². The van der Waals surface area contributed by atoms with Crippen molar-refractivity contribution < 1.29 is 4.79 Å². The summed E-state index contributed by atoms with van der Waals surface area (Å²) in [6, 6.07) is 0. The van der Waals surface area contributed by atoms with Crippen LogP contribution in [0.25, 0.3) is 0 Å². The molecule has 88 valence electrons. The molecule has 1 saturated carbocycles. The smallest absolute Gasteiger partial charge is 0.256 e. The van der Waals surface area contributed by atoms with Gasteiger partial charge in [0.15, 0.2) is 0 Å². The molecule has 1 amide bonds. The lowest BCUT2D eigenvalue weighted by Gasteiger charge is -2.15. The third kappa shape index (κ3) is 2.18. The summed E-state index contributed by atoms with van der Waals surface area (Å²) in [4.78, 5) is 11.7. The van der Waals surface area contributed by atoms with Gasteiger partial charge in [0.1, 0.15) is 11.4 Å². The number of aromatic nitrogens is 2. The topological polar surface area (TPSA) is 83.8 Å². The summed E-state index contributed by atoms with van der Waals surface area (Å²) >= 11 is 0. The van der Waals surface area contributed by atoms with Crippen molar-refractivity contribution in [3.63, 3.8) is 0 Å². The number of aromatic amines is 1. The Balaban J connectivity index is 1.86. The van der Waals surface area contributed by atoms with Gasteiger partial charge < -0.3 is 11.1 Å².